The lowest BCUT2D eigenvalue weighted by molar-refractivity contribution is 0.471. The van der Waals surface area contributed by atoms with Crippen LogP contribution in [0, 0.1) is 0 Å². The van der Waals surface area contributed by atoms with Crippen LogP contribution in [0.1, 0.15) is 57.4 Å². The molecule has 0 spiro atoms. The minimum atomic E-state index is 0.592. The molecule has 2 aromatic carbocycles. The molecule has 2 aromatic rings. The predicted molar refractivity (Wildman–Crippen MR) is 119 cm³/mol. The van der Waals surface area contributed by atoms with Crippen LogP contribution in [0.2, 0.25) is 0 Å². The summed E-state index contributed by atoms with van der Waals surface area (Å²) in [6, 6.07) is 17.9. The molecule has 146 valence electrons. The Balaban J connectivity index is 1.71. The molecule has 3 nitrogen and oxygen atoms in total. The Morgan fingerprint density at radius 2 is 1.63 bits per heavy atom. The van der Waals surface area contributed by atoms with Gasteiger partial charge >= 0.3 is 0 Å². The Morgan fingerprint density at radius 1 is 0.889 bits per heavy atom. The van der Waals surface area contributed by atoms with Crippen molar-refractivity contribution in [2.24, 2.45) is 0 Å². The van der Waals surface area contributed by atoms with Gasteiger partial charge in [-0.3, -0.25) is 4.72 Å². The predicted octanol–water partition coefficient (Wildman–Crippen LogP) is 6.44. The van der Waals surface area contributed by atoms with Crippen LogP contribution < -0.4 is 15.4 Å². The fourth-order valence-corrected chi connectivity index (χ4v) is 4.25. The van der Waals surface area contributed by atoms with Crippen LogP contribution in [0.5, 0.6) is 0 Å². The molecule has 1 fully saturated rings. The van der Waals surface area contributed by atoms with Gasteiger partial charge in [0.2, 0.25) is 0 Å². The maximum Gasteiger partial charge on any atom is 0.0590 e. The van der Waals surface area contributed by atoms with Gasteiger partial charge in [0.25, 0.3) is 0 Å². The zero-order chi connectivity index (χ0) is 18.7. The van der Waals surface area contributed by atoms with Crippen molar-refractivity contribution in [1.82, 2.24) is 4.72 Å². The smallest absolute Gasteiger partial charge is 0.0590 e. The summed E-state index contributed by atoms with van der Waals surface area (Å²) in [4.78, 5) is 1.25. The summed E-state index contributed by atoms with van der Waals surface area (Å²) in [5.41, 5.74) is 3.74. The molecule has 1 aliphatic carbocycles. The Bertz CT molecular complexity index is 667. The van der Waals surface area contributed by atoms with E-state index in [9.17, 15) is 0 Å². The van der Waals surface area contributed by atoms with E-state index in [1.165, 1.54) is 66.8 Å². The first kappa shape index (κ1) is 20.1. The summed E-state index contributed by atoms with van der Waals surface area (Å²) in [6.07, 6.45) is 9.44. The van der Waals surface area contributed by atoms with Crippen LogP contribution in [0.25, 0.3) is 0 Å². The lowest BCUT2D eigenvalue weighted by atomic mass is 9.96. The van der Waals surface area contributed by atoms with Crippen molar-refractivity contribution in [1.29, 1.82) is 0 Å². The highest BCUT2D eigenvalue weighted by molar-refractivity contribution is 7.97. The fourth-order valence-electron chi connectivity index (χ4n) is 3.63. The zero-order valence-corrected chi connectivity index (χ0v) is 17.3. The third kappa shape index (κ3) is 6.78. The molecule has 4 heteroatoms. The van der Waals surface area contributed by atoms with E-state index in [1.807, 2.05) is 0 Å². The molecule has 0 radical (unpaired) electrons. The van der Waals surface area contributed by atoms with Crippen molar-refractivity contribution in [3.63, 3.8) is 0 Å². The van der Waals surface area contributed by atoms with Crippen molar-refractivity contribution in [2.45, 2.75) is 69.4 Å². The quantitative estimate of drug-likeness (QED) is 0.458. The highest BCUT2D eigenvalue weighted by Crippen LogP contribution is 2.30. The van der Waals surface area contributed by atoms with Crippen molar-refractivity contribution in [3.05, 3.63) is 54.1 Å². The molecule has 0 aliphatic heterocycles. The maximum absolute atomic E-state index is 3.84. The van der Waals surface area contributed by atoms with Crippen molar-refractivity contribution >= 4 is 23.3 Å². The second kappa shape index (κ2) is 11.3. The molecule has 0 saturated heterocycles. The Morgan fingerprint density at radius 3 is 2.37 bits per heavy atom. The largest absolute Gasteiger partial charge is 0.381 e. The normalized spacial score (nSPS) is 15.7. The van der Waals surface area contributed by atoms with Crippen LogP contribution in [-0.2, 0) is 6.54 Å². The average molecular weight is 384 g/mol. The average Bonchev–Trinajstić information content (AvgIpc) is 2.68. The molecule has 1 aliphatic rings. The van der Waals surface area contributed by atoms with E-state index in [0.717, 1.165) is 13.1 Å². The standard InChI is InChI=1S/C23H33N3S/c1-2-25-27-21-15-16-22(26-20-13-9-4-3-5-10-14-20)23(17-21)24-18-19-11-7-6-8-12-19/h6-8,11-12,15-17,20,24-26H,2-5,9-10,13-14,18H2,1H3. The van der Waals surface area contributed by atoms with Crippen molar-refractivity contribution < 1.29 is 0 Å². The summed E-state index contributed by atoms with van der Waals surface area (Å²) in [5, 5.41) is 7.50. The minimum absolute atomic E-state index is 0.592. The summed E-state index contributed by atoms with van der Waals surface area (Å²) >= 11 is 1.70. The number of rotatable bonds is 8. The van der Waals surface area contributed by atoms with Gasteiger partial charge in [0.05, 0.1) is 11.4 Å². The van der Waals surface area contributed by atoms with E-state index in [1.54, 1.807) is 11.9 Å². The third-order valence-corrected chi connectivity index (χ3v) is 6.04. The Labute approximate surface area is 168 Å². The topological polar surface area (TPSA) is 36.1 Å². The number of nitrogens with one attached hydrogen (secondary N) is 3. The van der Waals surface area contributed by atoms with Crippen LogP contribution in [0.15, 0.2) is 53.4 Å². The van der Waals surface area contributed by atoms with Crippen LogP contribution in [0.4, 0.5) is 11.4 Å². The molecule has 3 N–H and O–H groups in total. The number of anilines is 2. The summed E-state index contributed by atoms with van der Waals surface area (Å²) in [7, 11) is 0. The van der Waals surface area contributed by atoms with Crippen LogP contribution >= 0.6 is 11.9 Å². The minimum Gasteiger partial charge on any atom is -0.381 e. The summed E-state index contributed by atoms with van der Waals surface area (Å²) in [6.45, 7) is 3.93. The van der Waals surface area contributed by atoms with Crippen LogP contribution in [0.3, 0.4) is 0 Å². The van der Waals surface area contributed by atoms with E-state index in [2.05, 4.69) is 70.8 Å². The van der Waals surface area contributed by atoms with E-state index in [-0.39, 0.29) is 0 Å². The molecule has 0 atom stereocenters. The van der Waals surface area contributed by atoms with Gasteiger partial charge in [-0.2, -0.15) is 0 Å². The van der Waals surface area contributed by atoms with Crippen LogP contribution in [-0.4, -0.2) is 12.6 Å². The van der Waals surface area contributed by atoms with Crippen molar-refractivity contribution in [3.8, 4) is 0 Å². The molecule has 0 unspecified atom stereocenters. The molecule has 0 heterocycles. The van der Waals surface area contributed by atoms with E-state index in [0.29, 0.717) is 6.04 Å². The van der Waals surface area contributed by atoms with Gasteiger partial charge in [-0.1, -0.05) is 69.4 Å². The fraction of sp³-hybridized carbons (Fsp3) is 0.478. The molecule has 3 rings (SSSR count). The Hall–Kier alpha value is -1.65. The second-order valence-corrected chi connectivity index (χ2v) is 8.30. The van der Waals surface area contributed by atoms with E-state index < -0.39 is 0 Å². The van der Waals surface area contributed by atoms with Gasteiger partial charge in [0.15, 0.2) is 0 Å². The highest BCUT2D eigenvalue weighted by atomic mass is 32.2. The molecule has 1 saturated carbocycles. The zero-order valence-electron chi connectivity index (χ0n) is 16.5. The Kier molecular flexibility index (Phi) is 8.37. The SMILES string of the molecule is CCNSc1ccc(NC2CCCCCCC2)c(NCc2ccccc2)c1. The first-order valence-corrected chi connectivity index (χ1v) is 11.2. The number of hydrogen-bond acceptors (Lipinski definition) is 4. The number of benzene rings is 2. The van der Waals surface area contributed by atoms with Gasteiger partial charge in [0, 0.05) is 24.0 Å². The monoisotopic (exact) mass is 383 g/mol. The molecular weight excluding hydrogens is 350 g/mol. The van der Waals surface area contributed by atoms with E-state index >= 15 is 0 Å². The highest BCUT2D eigenvalue weighted by Gasteiger charge is 2.13. The third-order valence-electron chi connectivity index (χ3n) is 5.12. The van der Waals surface area contributed by atoms with Gasteiger partial charge < -0.3 is 10.6 Å². The lowest BCUT2D eigenvalue weighted by Crippen LogP contribution is -2.21. The van der Waals surface area contributed by atoms with Gasteiger partial charge in [-0.25, -0.2) is 0 Å². The van der Waals surface area contributed by atoms with Crippen molar-refractivity contribution in [2.75, 3.05) is 17.2 Å². The molecule has 0 bridgehead atoms. The lowest BCUT2D eigenvalue weighted by Gasteiger charge is -2.24. The molecule has 0 aromatic heterocycles. The molecule has 27 heavy (non-hydrogen) atoms. The molecular formula is C23H33N3S. The first-order valence-electron chi connectivity index (χ1n) is 10.4. The summed E-state index contributed by atoms with van der Waals surface area (Å²) < 4.78 is 3.35. The van der Waals surface area contributed by atoms with E-state index in [4.69, 9.17) is 0 Å². The van der Waals surface area contributed by atoms with Gasteiger partial charge in [0.1, 0.15) is 0 Å². The van der Waals surface area contributed by atoms with Gasteiger partial charge in [-0.15, -0.1) is 0 Å². The summed E-state index contributed by atoms with van der Waals surface area (Å²) in [5.74, 6) is 0. The first-order chi connectivity index (χ1) is 13.3. The maximum atomic E-state index is 3.84. The molecule has 0 amide bonds. The van der Waals surface area contributed by atoms with Gasteiger partial charge in [-0.05, 0) is 48.6 Å². The second-order valence-electron chi connectivity index (χ2n) is 7.33. The number of hydrogen-bond donors (Lipinski definition) is 3.